The first-order valence-electron chi connectivity index (χ1n) is 8.21. The van der Waals surface area contributed by atoms with Crippen molar-refractivity contribution in [3.05, 3.63) is 70.5 Å². The number of hydrogen-bond acceptors (Lipinski definition) is 5. The fourth-order valence-corrected chi connectivity index (χ4v) is 4.23. The lowest BCUT2D eigenvalue weighted by Gasteiger charge is -2.11. The SMILES string of the molecule is Cc1ccc(S(=O)(=O)Nc2ccc(Nc3nc(C)cc(C)n3)cc2)c(Cl)c1. The molecule has 2 N–H and O–H groups in total. The highest BCUT2D eigenvalue weighted by Gasteiger charge is 2.18. The van der Waals surface area contributed by atoms with Crippen molar-refractivity contribution in [2.24, 2.45) is 0 Å². The van der Waals surface area contributed by atoms with Gasteiger partial charge in [0, 0.05) is 22.8 Å². The van der Waals surface area contributed by atoms with Crippen LogP contribution in [-0.4, -0.2) is 18.4 Å². The van der Waals surface area contributed by atoms with Crippen molar-refractivity contribution in [3.8, 4) is 0 Å². The molecule has 0 saturated heterocycles. The number of sulfonamides is 1. The number of aryl methyl sites for hydroxylation is 3. The lowest BCUT2D eigenvalue weighted by molar-refractivity contribution is 0.601. The van der Waals surface area contributed by atoms with Crippen LogP contribution in [0.2, 0.25) is 5.02 Å². The Balaban J connectivity index is 1.77. The summed E-state index contributed by atoms with van der Waals surface area (Å²) >= 11 is 6.08. The summed E-state index contributed by atoms with van der Waals surface area (Å²) in [6, 6.07) is 13.5. The van der Waals surface area contributed by atoms with E-state index in [4.69, 9.17) is 11.6 Å². The number of aromatic nitrogens is 2. The molecule has 0 atom stereocenters. The number of rotatable bonds is 5. The average molecular weight is 403 g/mol. The summed E-state index contributed by atoms with van der Waals surface area (Å²) < 4.78 is 27.6. The molecular formula is C19H19ClN4O2S. The van der Waals surface area contributed by atoms with Gasteiger partial charge in [-0.15, -0.1) is 0 Å². The fourth-order valence-electron chi connectivity index (χ4n) is 2.57. The molecule has 2 aromatic carbocycles. The van der Waals surface area contributed by atoms with E-state index in [0.717, 1.165) is 22.6 Å². The molecule has 0 aliphatic carbocycles. The molecule has 0 fully saturated rings. The molecular weight excluding hydrogens is 384 g/mol. The maximum atomic E-state index is 12.6. The Kier molecular flexibility index (Phi) is 5.34. The van der Waals surface area contributed by atoms with Gasteiger partial charge in [-0.1, -0.05) is 17.7 Å². The molecule has 1 heterocycles. The van der Waals surface area contributed by atoms with Gasteiger partial charge in [0.05, 0.1) is 5.02 Å². The Bertz CT molecular complexity index is 1060. The lowest BCUT2D eigenvalue weighted by Crippen LogP contribution is -2.13. The third-order valence-electron chi connectivity index (χ3n) is 3.75. The summed E-state index contributed by atoms with van der Waals surface area (Å²) in [6.07, 6.45) is 0. The minimum atomic E-state index is -3.77. The predicted octanol–water partition coefficient (Wildman–Crippen LogP) is 4.60. The van der Waals surface area contributed by atoms with Crippen molar-refractivity contribution in [1.82, 2.24) is 9.97 Å². The summed E-state index contributed by atoms with van der Waals surface area (Å²) in [6.45, 7) is 5.64. The quantitative estimate of drug-likeness (QED) is 0.651. The van der Waals surface area contributed by atoms with E-state index in [9.17, 15) is 8.42 Å². The number of halogens is 1. The standard InChI is InChI=1S/C19H19ClN4O2S/c1-12-4-9-18(17(20)10-12)27(25,26)24-16-7-5-15(6-8-16)23-19-21-13(2)11-14(3)22-19/h4-11,24H,1-3H3,(H,21,22,23). The largest absolute Gasteiger partial charge is 0.324 e. The maximum Gasteiger partial charge on any atom is 0.263 e. The van der Waals surface area contributed by atoms with Gasteiger partial charge in [-0.05, 0) is 68.8 Å². The number of anilines is 3. The van der Waals surface area contributed by atoms with Crippen LogP contribution in [0.5, 0.6) is 0 Å². The van der Waals surface area contributed by atoms with Crippen LogP contribution in [0.1, 0.15) is 17.0 Å². The Morgan fingerprint density at radius 3 is 2.04 bits per heavy atom. The molecule has 8 heteroatoms. The van der Waals surface area contributed by atoms with Gasteiger partial charge < -0.3 is 5.32 Å². The van der Waals surface area contributed by atoms with Crippen molar-refractivity contribution in [2.75, 3.05) is 10.0 Å². The van der Waals surface area contributed by atoms with Gasteiger partial charge >= 0.3 is 0 Å². The zero-order chi connectivity index (χ0) is 19.6. The van der Waals surface area contributed by atoms with E-state index in [1.54, 1.807) is 36.4 Å². The predicted molar refractivity (Wildman–Crippen MR) is 108 cm³/mol. The van der Waals surface area contributed by atoms with E-state index in [0.29, 0.717) is 11.6 Å². The molecule has 27 heavy (non-hydrogen) atoms. The Labute approximate surface area is 163 Å². The van der Waals surface area contributed by atoms with E-state index in [-0.39, 0.29) is 9.92 Å². The minimum absolute atomic E-state index is 0.0422. The van der Waals surface area contributed by atoms with Gasteiger partial charge in [-0.2, -0.15) is 0 Å². The molecule has 0 aliphatic rings. The van der Waals surface area contributed by atoms with Crippen LogP contribution in [0, 0.1) is 20.8 Å². The Morgan fingerprint density at radius 2 is 1.44 bits per heavy atom. The molecule has 0 bridgehead atoms. The first-order valence-corrected chi connectivity index (χ1v) is 10.1. The third kappa shape index (κ3) is 4.75. The van der Waals surface area contributed by atoms with E-state index in [1.807, 2.05) is 26.8 Å². The number of nitrogens with one attached hydrogen (secondary N) is 2. The molecule has 0 radical (unpaired) electrons. The Morgan fingerprint density at radius 1 is 0.852 bits per heavy atom. The van der Waals surface area contributed by atoms with Crippen molar-refractivity contribution in [1.29, 1.82) is 0 Å². The highest BCUT2D eigenvalue weighted by atomic mass is 35.5. The third-order valence-corrected chi connectivity index (χ3v) is 5.62. The molecule has 0 unspecified atom stereocenters. The smallest absolute Gasteiger partial charge is 0.263 e. The molecule has 0 spiro atoms. The zero-order valence-electron chi connectivity index (χ0n) is 15.1. The van der Waals surface area contributed by atoms with Gasteiger partial charge in [0.2, 0.25) is 5.95 Å². The van der Waals surface area contributed by atoms with Crippen LogP contribution in [0.3, 0.4) is 0 Å². The van der Waals surface area contributed by atoms with Crippen LogP contribution in [0.25, 0.3) is 0 Å². The van der Waals surface area contributed by atoms with E-state index in [1.165, 1.54) is 6.07 Å². The van der Waals surface area contributed by atoms with Crippen LogP contribution >= 0.6 is 11.6 Å². The van der Waals surface area contributed by atoms with E-state index in [2.05, 4.69) is 20.0 Å². The van der Waals surface area contributed by atoms with Gasteiger partial charge in [-0.25, -0.2) is 18.4 Å². The topological polar surface area (TPSA) is 84.0 Å². The monoisotopic (exact) mass is 402 g/mol. The molecule has 3 rings (SSSR count). The van der Waals surface area contributed by atoms with Gasteiger partial charge in [0.1, 0.15) is 4.90 Å². The normalized spacial score (nSPS) is 11.3. The highest BCUT2D eigenvalue weighted by Crippen LogP contribution is 2.25. The minimum Gasteiger partial charge on any atom is -0.324 e. The maximum absolute atomic E-state index is 12.6. The van der Waals surface area contributed by atoms with E-state index < -0.39 is 10.0 Å². The van der Waals surface area contributed by atoms with Crippen molar-refractivity contribution in [2.45, 2.75) is 25.7 Å². The van der Waals surface area contributed by atoms with Gasteiger partial charge in [0.15, 0.2) is 0 Å². The highest BCUT2D eigenvalue weighted by molar-refractivity contribution is 7.92. The lowest BCUT2D eigenvalue weighted by atomic mass is 10.2. The Hall–Kier alpha value is -2.64. The van der Waals surface area contributed by atoms with Crippen LogP contribution in [-0.2, 0) is 10.0 Å². The number of hydrogen-bond donors (Lipinski definition) is 2. The second kappa shape index (κ2) is 7.54. The summed E-state index contributed by atoms with van der Waals surface area (Å²) in [5.74, 6) is 0.493. The zero-order valence-corrected chi connectivity index (χ0v) is 16.7. The number of nitrogens with zero attached hydrogens (tertiary/aromatic N) is 2. The van der Waals surface area contributed by atoms with Gasteiger partial charge in [0.25, 0.3) is 10.0 Å². The second-order valence-electron chi connectivity index (χ2n) is 6.22. The van der Waals surface area contributed by atoms with Crippen LogP contribution in [0.15, 0.2) is 53.4 Å². The summed E-state index contributed by atoms with van der Waals surface area (Å²) in [7, 11) is -3.77. The summed E-state index contributed by atoms with van der Waals surface area (Å²) in [5.41, 5.74) is 3.80. The molecule has 0 amide bonds. The van der Waals surface area contributed by atoms with Crippen LogP contribution in [0.4, 0.5) is 17.3 Å². The van der Waals surface area contributed by atoms with Crippen molar-refractivity contribution in [3.63, 3.8) is 0 Å². The van der Waals surface area contributed by atoms with Crippen molar-refractivity contribution < 1.29 is 8.42 Å². The second-order valence-corrected chi connectivity index (χ2v) is 8.27. The number of benzene rings is 2. The van der Waals surface area contributed by atoms with E-state index >= 15 is 0 Å². The van der Waals surface area contributed by atoms with Crippen molar-refractivity contribution >= 4 is 38.9 Å². The van der Waals surface area contributed by atoms with Gasteiger partial charge in [-0.3, -0.25) is 4.72 Å². The average Bonchev–Trinajstić information content (AvgIpc) is 2.55. The first kappa shape index (κ1) is 19.1. The first-order chi connectivity index (χ1) is 12.7. The summed E-state index contributed by atoms with van der Waals surface area (Å²) in [5, 5.41) is 3.29. The molecule has 140 valence electrons. The molecule has 1 aromatic heterocycles. The molecule has 0 saturated carbocycles. The summed E-state index contributed by atoms with van der Waals surface area (Å²) in [4.78, 5) is 8.68. The molecule has 6 nitrogen and oxygen atoms in total. The molecule has 0 aliphatic heterocycles. The fraction of sp³-hybridized carbons (Fsp3) is 0.158. The van der Waals surface area contributed by atoms with Crippen LogP contribution < -0.4 is 10.0 Å². The molecule has 3 aromatic rings.